The third-order valence-corrected chi connectivity index (χ3v) is 11.6. The van der Waals surface area contributed by atoms with Crippen molar-refractivity contribution in [1.82, 2.24) is 24.9 Å². The zero-order chi connectivity index (χ0) is 31.3. The Morgan fingerprint density at radius 2 is 1.56 bits per heavy atom. The van der Waals surface area contributed by atoms with Crippen molar-refractivity contribution in [2.24, 2.45) is 0 Å². The number of hydrogen-bond acceptors (Lipinski definition) is 6. The quantitative estimate of drug-likeness (QED) is 0.434. The van der Waals surface area contributed by atoms with Gasteiger partial charge in [0.05, 0.1) is 0 Å². The van der Waals surface area contributed by atoms with Crippen LogP contribution in [0.15, 0.2) is 51.4 Å². The monoisotopic (exact) mass is 746 g/mol. The Kier molecular flexibility index (Phi) is 10.6. The van der Waals surface area contributed by atoms with Crippen LogP contribution in [0.5, 0.6) is 0 Å². The summed E-state index contributed by atoms with van der Waals surface area (Å²) in [5, 5.41) is 6.47. The number of nitrogens with zero attached hydrogens (tertiary/aromatic N) is 4. The number of piperazine rings is 1. The van der Waals surface area contributed by atoms with Crippen LogP contribution in [0.2, 0.25) is 0 Å². The molecular formula is C33H44Br2N6O4. The Bertz CT molecular complexity index is 1380. The van der Waals surface area contributed by atoms with Gasteiger partial charge in [0.15, 0.2) is 6.10 Å². The van der Waals surface area contributed by atoms with E-state index in [9.17, 15) is 14.4 Å². The lowest BCUT2D eigenvalue weighted by Gasteiger charge is -2.41. The zero-order valence-corrected chi connectivity index (χ0v) is 28.7. The van der Waals surface area contributed by atoms with E-state index in [-0.39, 0.29) is 19.4 Å². The highest BCUT2D eigenvalue weighted by Crippen LogP contribution is 2.27. The van der Waals surface area contributed by atoms with Crippen molar-refractivity contribution in [2.75, 3.05) is 64.2 Å². The van der Waals surface area contributed by atoms with Crippen molar-refractivity contribution < 1.29 is 20.5 Å². The highest BCUT2D eigenvalue weighted by molar-refractivity contribution is 9.13. The second-order valence-electron chi connectivity index (χ2n) is 12.4. The molecule has 4 aliphatic heterocycles. The molecule has 6 rings (SSSR count). The number of urea groups is 1. The number of halogens is 2. The number of carbonyl (C=O) groups excluding carboxylic acids is 3. The van der Waals surface area contributed by atoms with E-state index in [1.54, 1.807) is 4.90 Å². The minimum absolute atomic E-state index is 0. The first-order chi connectivity index (χ1) is 21.9. The molecule has 4 aliphatic rings. The molecule has 1 atom stereocenters. The van der Waals surface area contributed by atoms with Gasteiger partial charge >= 0.3 is 12.1 Å². The van der Waals surface area contributed by atoms with Gasteiger partial charge in [0.1, 0.15) is 0 Å². The van der Waals surface area contributed by atoms with Crippen molar-refractivity contribution >= 4 is 55.6 Å². The second-order valence-corrected chi connectivity index (χ2v) is 14.1. The van der Waals surface area contributed by atoms with Gasteiger partial charge in [-0.3, -0.25) is 9.69 Å². The Labute approximate surface area is 283 Å². The van der Waals surface area contributed by atoms with Crippen LogP contribution in [-0.4, -0.2) is 115 Å². The number of nitrogens with one attached hydrogen (secondary N) is 2. The summed E-state index contributed by atoms with van der Waals surface area (Å²) in [4.78, 5) is 48.5. The number of ether oxygens (including phenoxy) is 1. The van der Waals surface area contributed by atoms with Crippen molar-refractivity contribution in [3.63, 3.8) is 0 Å². The molecule has 0 unspecified atom stereocenters. The van der Waals surface area contributed by atoms with E-state index in [0.29, 0.717) is 58.0 Å². The average Bonchev–Trinajstić information content (AvgIpc) is 3.24. The molecule has 4 amide bonds. The van der Waals surface area contributed by atoms with Gasteiger partial charge in [-0.25, -0.2) is 9.59 Å². The fraction of sp³-hybridized carbons (Fsp3) is 0.545. The van der Waals surface area contributed by atoms with Crippen molar-refractivity contribution in [3.05, 3.63) is 62.5 Å². The lowest BCUT2D eigenvalue weighted by molar-refractivity contribution is -0.142. The number of rotatable bonds is 6. The highest BCUT2D eigenvalue weighted by Gasteiger charge is 2.36. The number of piperidine rings is 2. The van der Waals surface area contributed by atoms with Gasteiger partial charge in [-0.05, 0) is 93.3 Å². The lowest BCUT2D eigenvalue weighted by Crippen LogP contribution is -2.54. The summed E-state index contributed by atoms with van der Waals surface area (Å²) in [6, 6.07) is 14.2. The number of benzene rings is 2. The van der Waals surface area contributed by atoms with Crippen LogP contribution in [-0.2, 0) is 22.4 Å². The molecule has 0 saturated carbocycles. The molecule has 4 heterocycles. The summed E-state index contributed by atoms with van der Waals surface area (Å²) in [5.74, 6) is -0.128. The first-order valence-electron chi connectivity index (χ1n) is 16.1. The average molecular weight is 749 g/mol. The summed E-state index contributed by atoms with van der Waals surface area (Å²) in [7, 11) is 0. The second kappa shape index (κ2) is 14.8. The number of hydrogen-bond donors (Lipinski definition) is 2. The van der Waals surface area contributed by atoms with Gasteiger partial charge in [0.25, 0.3) is 5.91 Å². The summed E-state index contributed by atoms with van der Waals surface area (Å²) < 4.78 is 7.85. The maximum Gasteiger partial charge on any atom is 0.410 e. The predicted molar refractivity (Wildman–Crippen MR) is 182 cm³/mol. The Morgan fingerprint density at radius 1 is 0.867 bits per heavy atom. The number of likely N-dealkylation sites (tertiary alicyclic amines) is 2. The van der Waals surface area contributed by atoms with E-state index in [1.807, 2.05) is 46.2 Å². The normalized spacial score (nSPS) is 21.1. The fourth-order valence-electron chi connectivity index (χ4n) is 7.06. The molecule has 2 N–H and O–H groups in total. The van der Waals surface area contributed by atoms with Crippen molar-refractivity contribution in [1.29, 1.82) is 0 Å². The van der Waals surface area contributed by atoms with Gasteiger partial charge in [0.2, 0.25) is 0 Å². The van der Waals surface area contributed by atoms with Crippen molar-refractivity contribution in [2.45, 2.75) is 56.7 Å². The van der Waals surface area contributed by atoms with Gasteiger partial charge in [0, 0.05) is 93.5 Å². The molecule has 0 aromatic heterocycles. The van der Waals surface area contributed by atoms with E-state index in [2.05, 4.69) is 53.5 Å². The Hall–Kier alpha value is -2.67. The smallest absolute Gasteiger partial charge is 0.410 e. The standard InChI is InChI=1S/C33H42Br2N6O4.H2/c34-27-6-5-23(21-28(27)35)22-30(31(42)39-14-8-25(9-15-39)38-19-12-36-13-20-38)45-33(44)40-16-10-26(11-17-40)41-18-7-24-3-1-2-4-29(24)37-32(41)43;/h1-6,21,25-26,30,36H,7-20,22H2,(H,37,43);1H/t30-;/m1./s1. The molecular weight excluding hydrogens is 704 g/mol. The van der Waals surface area contributed by atoms with Crippen LogP contribution in [0.3, 0.4) is 0 Å². The van der Waals surface area contributed by atoms with E-state index in [0.717, 1.165) is 71.2 Å². The van der Waals surface area contributed by atoms with Crippen molar-refractivity contribution in [3.8, 4) is 0 Å². The van der Waals surface area contributed by atoms with E-state index >= 15 is 0 Å². The largest absolute Gasteiger partial charge is 0.436 e. The Morgan fingerprint density at radius 3 is 2.29 bits per heavy atom. The summed E-state index contributed by atoms with van der Waals surface area (Å²) in [5.41, 5.74) is 2.92. The molecule has 12 heteroatoms. The molecule has 244 valence electrons. The molecule has 0 spiro atoms. The molecule has 2 aromatic rings. The third-order valence-electron chi connectivity index (χ3n) is 9.67. The van der Waals surface area contributed by atoms with Gasteiger partial charge in [-0.1, -0.05) is 24.3 Å². The van der Waals surface area contributed by atoms with E-state index < -0.39 is 12.2 Å². The maximum atomic E-state index is 13.9. The molecule has 3 saturated heterocycles. The summed E-state index contributed by atoms with van der Waals surface area (Å²) >= 11 is 7.08. The summed E-state index contributed by atoms with van der Waals surface area (Å²) in [6.45, 7) is 7.03. The molecule has 45 heavy (non-hydrogen) atoms. The first-order valence-corrected chi connectivity index (χ1v) is 17.7. The molecule has 0 aliphatic carbocycles. The maximum absolute atomic E-state index is 13.9. The number of carbonyl (C=O) groups is 3. The molecule has 2 aromatic carbocycles. The van der Waals surface area contributed by atoms with E-state index in [1.165, 1.54) is 0 Å². The number of para-hydroxylation sites is 1. The van der Waals surface area contributed by atoms with Gasteiger partial charge in [-0.2, -0.15) is 0 Å². The molecule has 0 bridgehead atoms. The zero-order valence-electron chi connectivity index (χ0n) is 25.6. The minimum atomic E-state index is -0.908. The fourth-order valence-corrected chi connectivity index (χ4v) is 7.73. The highest BCUT2D eigenvalue weighted by atomic mass is 79.9. The predicted octanol–water partition coefficient (Wildman–Crippen LogP) is 4.96. The number of amides is 4. The molecule has 10 nitrogen and oxygen atoms in total. The van der Waals surface area contributed by atoms with Gasteiger partial charge < -0.3 is 30.1 Å². The Balaban J connectivity index is 0.00000417. The van der Waals surface area contributed by atoms with E-state index in [4.69, 9.17) is 4.74 Å². The first kappa shape index (κ1) is 32.3. The third kappa shape index (κ3) is 7.84. The number of anilines is 1. The van der Waals surface area contributed by atoms with Gasteiger partial charge in [-0.15, -0.1) is 0 Å². The molecule has 3 fully saturated rings. The molecule has 0 radical (unpaired) electrons. The van der Waals surface area contributed by atoms with Crippen LogP contribution >= 0.6 is 31.9 Å². The topological polar surface area (TPSA) is 97.5 Å². The van der Waals surface area contributed by atoms with Crippen LogP contribution < -0.4 is 10.6 Å². The number of fused-ring (bicyclic) bond motifs is 1. The summed E-state index contributed by atoms with van der Waals surface area (Å²) in [6.07, 6.45) is 2.91. The van der Waals surface area contributed by atoms with Crippen LogP contribution in [0.25, 0.3) is 0 Å². The minimum Gasteiger partial charge on any atom is -0.436 e. The van der Waals surface area contributed by atoms with Crippen LogP contribution in [0, 0.1) is 0 Å². The van der Waals surface area contributed by atoms with Crippen LogP contribution in [0.1, 0.15) is 38.2 Å². The SMILES string of the molecule is O=C(O[C@H](Cc1ccc(Br)c(Br)c1)C(=O)N1CCC(N2CCNCC2)CC1)N1CCC(N2CCc3ccccc3NC2=O)CC1.[HH]. The lowest BCUT2D eigenvalue weighted by atomic mass is 10.0. The van der Waals surface area contributed by atoms with Crippen LogP contribution in [0.4, 0.5) is 15.3 Å².